The molecule has 1 unspecified atom stereocenters. The summed E-state index contributed by atoms with van der Waals surface area (Å²) >= 11 is 0. The fraction of sp³-hybridized carbons (Fsp3) is 0.625. The molecule has 0 radical (unpaired) electrons. The molecule has 1 aliphatic heterocycles. The van der Waals surface area contributed by atoms with Crippen molar-refractivity contribution < 1.29 is 8.78 Å². The van der Waals surface area contributed by atoms with E-state index in [1.807, 2.05) is 0 Å². The summed E-state index contributed by atoms with van der Waals surface area (Å²) in [6.07, 6.45) is 2.56. The highest BCUT2D eigenvalue weighted by atomic mass is 19.1. The Hall–Kier alpha value is -1.00. The molecule has 3 rings (SSSR count). The van der Waals surface area contributed by atoms with E-state index in [1.165, 1.54) is 25.0 Å². The summed E-state index contributed by atoms with van der Waals surface area (Å²) in [7, 11) is 0. The minimum absolute atomic E-state index is 0.0528. The first kappa shape index (κ1) is 14.0. The summed E-state index contributed by atoms with van der Waals surface area (Å²) in [6, 6.07) is 4.32. The van der Waals surface area contributed by atoms with E-state index in [0.717, 1.165) is 30.6 Å². The lowest BCUT2D eigenvalue weighted by atomic mass is 9.96. The van der Waals surface area contributed by atoms with E-state index in [9.17, 15) is 8.78 Å². The van der Waals surface area contributed by atoms with Crippen LogP contribution in [0.4, 0.5) is 8.78 Å². The van der Waals surface area contributed by atoms with Gasteiger partial charge in [0.15, 0.2) is 0 Å². The van der Waals surface area contributed by atoms with Gasteiger partial charge in [-0.25, -0.2) is 8.78 Å². The van der Waals surface area contributed by atoms with Gasteiger partial charge in [0.1, 0.15) is 11.6 Å². The Morgan fingerprint density at radius 2 is 1.85 bits per heavy atom. The lowest BCUT2D eigenvalue weighted by molar-refractivity contribution is 0.0758. The molecular formula is C16H22F2N2. The lowest BCUT2D eigenvalue weighted by Crippen LogP contribution is -2.61. The van der Waals surface area contributed by atoms with E-state index >= 15 is 0 Å². The van der Waals surface area contributed by atoms with Crippen LogP contribution in [-0.2, 0) is 6.54 Å². The number of benzene rings is 1. The quantitative estimate of drug-likeness (QED) is 0.916. The van der Waals surface area contributed by atoms with E-state index < -0.39 is 11.6 Å². The first-order valence-electron chi connectivity index (χ1n) is 7.37. The van der Waals surface area contributed by atoms with E-state index in [2.05, 4.69) is 24.1 Å². The third-order valence-electron chi connectivity index (χ3n) is 4.33. The average molecular weight is 280 g/mol. The number of nitrogens with zero attached hydrogens (tertiary/aromatic N) is 1. The Balaban J connectivity index is 1.77. The smallest absolute Gasteiger partial charge is 0.126 e. The maximum atomic E-state index is 13.3. The van der Waals surface area contributed by atoms with E-state index in [0.29, 0.717) is 12.6 Å². The molecule has 0 spiro atoms. The van der Waals surface area contributed by atoms with Gasteiger partial charge in [-0.05, 0) is 50.3 Å². The largest absolute Gasteiger partial charge is 0.309 e. The summed E-state index contributed by atoms with van der Waals surface area (Å²) < 4.78 is 26.7. The number of nitrogens with one attached hydrogen (secondary N) is 1. The topological polar surface area (TPSA) is 15.3 Å². The van der Waals surface area contributed by atoms with Crippen LogP contribution in [-0.4, -0.2) is 29.6 Å². The van der Waals surface area contributed by atoms with Crippen LogP contribution in [0.3, 0.4) is 0 Å². The first-order valence-corrected chi connectivity index (χ1v) is 7.37. The molecule has 1 heterocycles. The Morgan fingerprint density at radius 1 is 1.20 bits per heavy atom. The molecule has 2 nitrogen and oxygen atoms in total. The van der Waals surface area contributed by atoms with Crippen molar-refractivity contribution in [2.75, 3.05) is 13.1 Å². The minimum Gasteiger partial charge on any atom is -0.309 e. The molecule has 1 atom stereocenters. The van der Waals surface area contributed by atoms with Crippen LogP contribution in [0.25, 0.3) is 0 Å². The minimum atomic E-state index is -0.489. The van der Waals surface area contributed by atoms with Gasteiger partial charge in [-0.15, -0.1) is 0 Å². The zero-order valence-corrected chi connectivity index (χ0v) is 12.1. The zero-order chi connectivity index (χ0) is 14.3. The van der Waals surface area contributed by atoms with Crippen molar-refractivity contribution in [3.05, 3.63) is 35.4 Å². The maximum absolute atomic E-state index is 13.3. The molecule has 110 valence electrons. The second kappa shape index (κ2) is 5.08. The van der Waals surface area contributed by atoms with Gasteiger partial charge in [0.2, 0.25) is 0 Å². The maximum Gasteiger partial charge on any atom is 0.126 e. The highest BCUT2D eigenvalue weighted by Crippen LogP contribution is 2.37. The molecule has 1 N–H and O–H groups in total. The number of rotatable bonds is 3. The molecule has 1 aromatic rings. The lowest BCUT2D eigenvalue weighted by Gasteiger charge is -2.45. The van der Waals surface area contributed by atoms with Gasteiger partial charge in [-0.2, -0.15) is 0 Å². The van der Waals surface area contributed by atoms with Crippen LogP contribution in [0.1, 0.15) is 32.3 Å². The monoisotopic (exact) mass is 280 g/mol. The first-order chi connectivity index (χ1) is 9.43. The van der Waals surface area contributed by atoms with Crippen LogP contribution < -0.4 is 5.32 Å². The van der Waals surface area contributed by atoms with E-state index in [1.54, 1.807) is 0 Å². The standard InChI is InChI=1S/C16H22F2N2/c1-16(2)10-20(15(8-19-16)12-3-4-12)9-11-5-13(17)7-14(18)6-11/h5-7,12,15,19H,3-4,8-10H2,1-2H3. The molecule has 0 amide bonds. The molecule has 4 heteroatoms. The molecule has 1 aliphatic carbocycles. The summed E-state index contributed by atoms with van der Waals surface area (Å²) in [6.45, 7) is 6.85. The third kappa shape index (κ3) is 3.18. The van der Waals surface area contributed by atoms with Gasteiger partial charge in [-0.3, -0.25) is 4.90 Å². The van der Waals surface area contributed by atoms with Crippen molar-refractivity contribution in [2.24, 2.45) is 5.92 Å². The van der Waals surface area contributed by atoms with Crippen LogP contribution in [0.5, 0.6) is 0 Å². The van der Waals surface area contributed by atoms with Gasteiger partial charge in [0, 0.05) is 37.3 Å². The van der Waals surface area contributed by atoms with Gasteiger partial charge in [0.05, 0.1) is 0 Å². The molecular weight excluding hydrogens is 258 g/mol. The highest BCUT2D eigenvalue weighted by Gasteiger charge is 2.40. The van der Waals surface area contributed by atoms with Crippen LogP contribution in [0.15, 0.2) is 18.2 Å². The molecule has 0 bridgehead atoms. The van der Waals surface area contributed by atoms with Crippen molar-refractivity contribution in [2.45, 2.75) is 44.8 Å². The number of piperazine rings is 1. The van der Waals surface area contributed by atoms with Gasteiger partial charge in [0.25, 0.3) is 0 Å². The predicted octanol–water partition coefficient (Wildman–Crippen LogP) is 2.93. The molecule has 2 fully saturated rings. The second-order valence-electron chi connectivity index (χ2n) is 6.85. The predicted molar refractivity (Wildman–Crippen MR) is 75.4 cm³/mol. The molecule has 2 aliphatic rings. The Bertz CT molecular complexity index is 477. The van der Waals surface area contributed by atoms with E-state index in [4.69, 9.17) is 0 Å². The van der Waals surface area contributed by atoms with E-state index in [-0.39, 0.29) is 5.54 Å². The Kier molecular flexibility index (Phi) is 3.55. The summed E-state index contributed by atoms with van der Waals surface area (Å²) in [4.78, 5) is 2.39. The summed E-state index contributed by atoms with van der Waals surface area (Å²) in [5.74, 6) is -0.230. The highest BCUT2D eigenvalue weighted by molar-refractivity contribution is 5.18. The summed E-state index contributed by atoms with van der Waals surface area (Å²) in [5.41, 5.74) is 0.780. The van der Waals surface area contributed by atoms with Gasteiger partial charge < -0.3 is 5.32 Å². The van der Waals surface area contributed by atoms with Crippen LogP contribution in [0.2, 0.25) is 0 Å². The zero-order valence-electron chi connectivity index (χ0n) is 12.1. The molecule has 1 saturated heterocycles. The Labute approximate surface area is 119 Å². The van der Waals surface area contributed by atoms with Crippen LogP contribution in [0, 0.1) is 17.6 Å². The molecule has 1 aromatic carbocycles. The average Bonchev–Trinajstić information content (AvgIpc) is 3.10. The van der Waals surface area contributed by atoms with Crippen LogP contribution >= 0.6 is 0 Å². The summed E-state index contributed by atoms with van der Waals surface area (Å²) in [5, 5.41) is 3.58. The van der Waals surface area contributed by atoms with Crippen molar-refractivity contribution >= 4 is 0 Å². The molecule has 1 saturated carbocycles. The van der Waals surface area contributed by atoms with Crippen molar-refractivity contribution in [3.8, 4) is 0 Å². The molecule has 20 heavy (non-hydrogen) atoms. The number of halogens is 2. The number of hydrogen-bond donors (Lipinski definition) is 1. The SMILES string of the molecule is CC1(C)CN(Cc2cc(F)cc(F)c2)C(C2CC2)CN1. The fourth-order valence-electron chi connectivity index (χ4n) is 3.25. The van der Waals surface area contributed by atoms with Gasteiger partial charge >= 0.3 is 0 Å². The van der Waals surface area contributed by atoms with Crippen molar-refractivity contribution in [1.29, 1.82) is 0 Å². The van der Waals surface area contributed by atoms with Crippen molar-refractivity contribution in [3.63, 3.8) is 0 Å². The molecule has 0 aromatic heterocycles. The second-order valence-corrected chi connectivity index (χ2v) is 6.85. The van der Waals surface area contributed by atoms with Gasteiger partial charge in [-0.1, -0.05) is 0 Å². The van der Waals surface area contributed by atoms with Crippen molar-refractivity contribution in [1.82, 2.24) is 10.2 Å². The fourth-order valence-corrected chi connectivity index (χ4v) is 3.25. The normalized spacial score (nSPS) is 26.7. The number of hydrogen-bond acceptors (Lipinski definition) is 2. The Morgan fingerprint density at radius 3 is 2.45 bits per heavy atom. The third-order valence-corrected chi connectivity index (χ3v) is 4.33.